The summed E-state index contributed by atoms with van der Waals surface area (Å²) in [6, 6.07) is 2.07. The molecule has 1 aliphatic rings. The van der Waals surface area contributed by atoms with Gasteiger partial charge in [0, 0.05) is 13.1 Å². The molecule has 1 N–H and O–H groups in total. The average Bonchev–Trinajstić information content (AvgIpc) is 2.86. The third-order valence-corrected chi connectivity index (χ3v) is 6.78. The molecule has 0 spiro atoms. The minimum atomic E-state index is -3.39. The number of halogens is 1. The first-order chi connectivity index (χ1) is 9.78. The second kappa shape index (κ2) is 7.30. The van der Waals surface area contributed by atoms with Crippen molar-refractivity contribution in [3.8, 4) is 0 Å². The van der Waals surface area contributed by atoms with Gasteiger partial charge < -0.3 is 5.32 Å². The van der Waals surface area contributed by atoms with Crippen LogP contribution in [0.3, 0.4) is 0 Å². The first kappa shape index (κ1) is 19.4. The molecule has 4 nitrogen and oxygen atoms in total. The molecule has 0 radical (unpaired) electrons. The zero-order valence-corrected chi connectivity index (χ0v) is 15.7. The molecule has 0 aliphatic carbocycles. The van der Waals surface area contributed by atoms with Gasteiger partial charge in [-0.25, -0.2) is 8.42 Å². The van der Waals surface area contributed by atoms with Crippen LogP contribution in [0, 0.1) is 33.6 Å². The van der Waals surface area contributed by atoms with Crippen molar-refractivity contribution in [3.05, 3.63) is 28.3 Å². The zero-order valence-electron chi connectivity index (χ0n) is 14.1. The van der Waals surface area contributed by atoms with Gasteiger partial charge in [0.15, 0.2) is 0 Å². The molecule has 126 valence electrons. The van der Waals surface area contributed by atoms with E-state index in [2.05, 4.69) is 11.4 Å². The number of aryl methyl sites for hydroxylation is 2. The molecule has 0 saturated carbocycles. The third-order valence-electron chi connectivity index (χ3n) is 4.64. The van der Waals surface area contributed by atoms with Crippen LogP contribution in [0.5, 0.6) is 0 Å². The van der Waals surface area contributed by atoms with E-state index >= 15 is 0 Å². The van der Waals surface area contributed by atoms with Crippen molar-refractivity contribution in [2.75, 3.05) is 26.7 Å². The Morgan fingerprint density at radius 1 is 1.18 bits per heavy atom. The van der Waals surface area contributed by atoms with Crippen LogP contribution >= 0.6 is 12.4 Å². The van der Waals surface area contributed by atoms with Gasteiger partial charge in [0.25, 0.3) is 0 Å². The molecule has 1 aromatic rings. The van der Waals surface area contributed by atoms with Crippen LogP contribution in [-0.2, 0) is 10.0 Å². The van der Waals surface area contributed by atoms with Crippen molar-refractivity contribution in [3.63, 3.8) is 0 Å². The lowest BCUT2D eigenvalue weighted by Gasteiger charge is -2.22. The van der Waals surface area contributed by atoms with Crippen molar-refractivity contribution < 1.29 is 8.42 Å². The molecule has 22 heavy (non-hydrogen) atoms. The standard InChI is InChI=1S/C16H26N2O2S.ClH/c1-11-8-12(2)14(4)16(13(11)3)21(19,20)18-7-6-15(10-18)9-17-5;/h8,15,17H,6-7,9-10H2,1-5H3;1H. The van der Waals surface area contributed by atoms with E-state index in [1.807, 2.05) is 34.7 Å². The topological polar surface area (TPSA) is 49.4 Å². The van der Waals surface area contributed by atoms with E-state index in [9.17, 15) is 8.42 Å². The molecule has 1 aromatic carbocycles. The van der Waals surface area contributed by atoms with Gasteiger partial charge >= 0.3 is 0 Å². The number of benzene rings is 1. The van der Waals surface area contributed by atoms with Crippen LogP contribution in [0.2, 0.25) is 0 Å². The van der Waals surface area contributed by atoms with Gasteiger partial charge in [-0.2, -0.15) is 4.31 Å². The van der Waals surface area contributed by atoms with Crippen molar-refractivity contribution in [2.24, 2.45) is 5.92 Å². The van der Waals surface area contributed by atoms with Gasteiger partial charge in [-0.1, -0.05) is 6.07 Å². The Labute approximate surface area is 140 Å². The Kier molecular flexibility index (Phi) is 6.45. The monoisotopic (exact) mass is 346 g/mol. The van der Waals surface area contributed by atoms with E-state index in [-0.39, 0.29) is 12.4 Å². The van der Waals surface area contributed by atoms with Crippen molar-refractivity contribution in [1.29, 1.82) is 0 Å². The summed E-state index contributed by atoms with van der Waals surface area (Å²) < 4.78 is 27.7. The summed E-state index contributed by atoms with van der Waals surface area (Å²) in [5, 5.41) is 3.14. The maximum atomic E-state index is 13.0. The fraction of sp³-hybridized carbons (Fsp3) is 0.625. The molecule has 0 amide bonds. The minimum absolute atomic E-state index is 0. The molecule has 1 aliphatic heterocycles. The fourth-order valence-corrected chi connectivity index (χ4v) is 5.27. The SMILES string of the molecule is CNCC1CCN(S(=O)(=O)c2c(C)c(C)cc(C)c2C)C1.Cl. The average molecular weight is 347 g/mol. The molecule has 1 atom stereocenters. The first-order valence-electron chi connectivity index (χ1n) is 7.51. The van der Waals surface area contributed by atoms with Crippen LogP contribution < -0.4 is 5.32 Å². The summed E-state index contributed by atoms with van der Waals surface area (Å²) in [6.07, 6.45) is 0.933. The van der Waals surface area contributed by atoms with E-state index in [0.29, 0.717) is 23.9 Å². The summed E-state index contributed by atoms with van der Waals surface area (Å²) >= 11 is 0. The normalized spacial score (nSPS) is 19.2. The molecule has 0 aromatic heterocycles. The largest absolute Gasteiger partial charge is 0.319 e. The van der Waals surface area contributed by atoms with E-state index in [1.54, 1.807) is 4.31 Å². The number of nitrogens with one attached hydrogen (secondary N) is 1. The van der Waals surface area contributed by atoms with E-state index in [0.717, 1.165) is 35.2 Å². The highest BCUT2D eigenvalue weighted by Gasteiger charge is 2.34. The molecule has 1 unspecified atom stereocenters. The summed E-state index contributed by atoms with van der Waals surface area (Å²) in [7, 11) is -1.48. The van der Waals surface area contributed by atoms with E-state index < -0.39 is 10.0 Å². The summed E-state index contributed by atoms with van der Waals surface area (Å²) in [5.74, 6) is 0.413. The molecular weight excluding hydrogens is 320 g/mol. The number of sulfonamides is 1. The summed E-state index contributed by atoms with van der Waals surface area (Å²) in [5.41, 5.74) is 3.86. The molecule has 1 heterocycles. The Balaban J connectivity index is 0.00000242. The Morgan fingerprint density at radius 3 is 2.23 bits per heavy atom. The van der Waals surface area contributed by atoms with Crippen molar-refractivity contribution in [2.45, 2.75) is 39.0 Å². The number of rotatable bonds is 4. The number of hydrogen-bond acceptors (Lipinski definition) is 3. The fourth-order valence-electron chi connectivity index (χ4n) is 3.17. The summed E-state index contributed by atoms with van der Waals surface area (Å²) in [4.78, 5) is 0.519. The van der Waals surface area contributed by atoms with Crippen LogP contribution in [0.4, 0.5) is 0 Å². The third kappa shape index (κ3) is 3.48. The Bertz CT molecular complexity index is 618. The second-order valence-corrected chi connectivity index (χ2v) is 8.04. The second-order valence-electron chi connectivity index (χ2n) is 6.16. The molecule has 0 bridgehead atoms. The number of hydrogen-bond donors (Lipinski definition) is 1. The van der Waals surface area contributed by atoms with E-state index in [1.165, 1.54) is 0 Å². The van der Waals surface area contributed by atoms with Crippen LogP contribution in [0.25, 0.3) is 0 Å². The highest BCUT2D eigenvalue weighted by molar-refractivity contribution is 7.89. The van der Waals surface area contributed by atoms with E-state index in [4.69, 9.17) is 0 Å². The highest BCUT2D eigenvalue weighted by atomic mass is 35.5. The van der Waals surface area contributed by atoms with Gasteiger partial charge in [0.05, 0.1) is 4.90 Å². The van der Waals surface area contributed by atoms with Crippen LogP contribution in [-0.4, -0.2) is 39.4 Å². The lowest BCUT2D eigenvalue weighted by Crippen LogP contribution is -2.31. The lowest BCUT2D eigenvalue weighted by atomic mass is 10.0. The smallest absolute Gasteiger partial charge is 0.243 e. The maximum Gasteiger partial charge on any atom is 0.243 e. The van der Waals surface area contributed by atoms with Gasteiger partial charge in [0.2, 0.25) is 10.0 Å². The Hall–Kier alpha value is -0.620. The molecule has 2 rings (SSSR count). The first-order valence-corrected chi connectivity index (χ1v) is 8.95. The van der Waals surface area contributed by atoms with Gasteiger partial charge in [-0.3, -0.25) is 0 Å². The van der Waals surface area contributed by atoms with Crippen molar-refractivity contribution >= 4 is 22.4 Å². The summed E-state index contributed by atoms with van der Waals surface area (Å²) in [6.45, 7) is 9.90. The maximum absolute atomic E-state index is 13.0. The highest BCUT2D eigenvalue weighted by Crippen LogP contribution is 2.31. The minimum Gasteiger partial charge on any atom is -0.319 e. The van der Waals surface area contributed by atoms with Gasteiger partial charge in [-0.05, 0) is 75.9 Å². The molecular formula is C16H27ClN2O2S. The lowest BCUT2D eigenvalue weighted by molar-refractivity contribution is 0.450. The molecule has 1 fully saturated rings. The predicted octanol–water partition coefficient (Wildman–Crippen LogP) is 2.57. The van der Waals surface area contributed by atoms with Crippen LogP contribution in [0.15, 0.2) is 11.0 Å². The zero-order chi connectivity index (χ0) is 15.8. The van der Waals surface area contributed by atoms with Crippen LogP contribution in [0.1, 0.15) is 28.7 Å². The molecule has 6 heteroatoms. The van der Waals surface area contributed by atoms with Gasteiger partial charge in [-0.15, -0.1) is 12.4 Å². The van der Waals surface area contributed by atoms with Crippen molar-refractivity contribution in [1.82, 2.24) is 9.62 Å². The van der Waals surface area contributed by atoms with Gasteiger partial charge in [0.1, 0.15) is 0 Å². The Morgan fingerprint density at radius 2 is 1.73 bits per heavy atom. The quantitative estimate of drug-likeness (QED) is 0.911. The predicted molar refractivity (Wildman–Crippen MR) is 93.4 cm³/mol. The molecule has 1 saturated heterocycles. The number of nitrogens with zero attached hydrogens (tertiary/aromatic N) is 1.